The van der Waals surface area contributed by atoms with Gasteiger partial charge in [-0.3, -0.25) is 0 Å². The van der Waals surface area contributed by atoms with Gasteiger partial charge in [0.05, 0.1) is 5.69 Å². The lowest BCUT2D eigenvalue weighted by atomic mass is 9.82. The Balaban J connectivity index is 1.30. The van der Waals surface area contributed by atoms with E-state index in [0.29, 0.717) is 0 Å². The Morgan fingerprint density at radius 1 is 0.365 bits per heavy atom. The first-order chi connectivity index (χ1) is 25.4. The van der Waals surface area contributed by atoms with Crippen LogP contribution in [0.3, 0.4) is 0 Å². The highest BCUT2D eigenvalue weighted by Gasteiger charge is 2.23. The van der Waals surface area contributed by atoms with Gasteiger partial charge in [0.1, 0.15) is 0 Å². The first-order valence-corrected chi connectivity index (χ1v) is 18.1. The van der Waals surface area contributed by atoms with Gasteiger partial charge >= 0.3 is 0 Å². The highest BCUT2D eigenvalue weighted by atomic mass is 15.1. The molecule has 9 aromatic carbocycles. The summed E-state index contributed by atoms with van der Waals surface area (Å²) in [6.45, 7) is 6.90. The molecule has 0 aliphatic rings. The monoisotopic (exact) mass is 668 g/mol. The van der Waals surface area contributed by atoms with Crippen LogP contribution in [0.1, 0.15) is 26.3 Å². The fraction of sp³-hybridized carbons (Fsp3) is 0.0800. The Bertz CT molecular complexity index is 2530. The van der Waals surface area contributed by atoms with Crippen LogP contribution in [0.25, 0.3) is 43.4 Å². The number of nitrogens with zero attached hydrogens (tertiary/aromatic N) is 2. The predicted octanol–water partition coefficient (Wildman–Crippen LogP) is 14.5. The minimum absolute atomic E-state index is 0.0489. The minimum atomic E-state index is 0.0489. The van der Waals surface area contributed by atoms with Gasteiger partial charge in [0.2, 0.25) is 0 Å². The maximum atomic E-state index is 2.41. The Labute approximate surface area is 306 Å². The summed E-state index contributed by atoms with van der Waals surface area (Å²) < 4.78 is 0. The van der Waals surface area contributed by atoms with Crippen LogP contribution < -0.4 is 9.80 Å². The third-order valence-electron chi connectivity index (χ3n) is 10.3. The van der Waals surface area contributed by atoms with Crippen molar-refractivity contribution in [2.24, 2.45) is 0 Å². The third-order valence-corrected chi connectivity index (χ3v) is 10.3. The van der Waals surface area contributed by atoms with Crippen molar-refractivity contribution in [2.75, 3.05) is 9.80 Å². The van der Waals surface area contributed by atoms with Gasteiger partial charge in [-0.2, -0.15) is 0 Å². The fourth-order valence-electron chi connectivity index (χ4n) is 7.73. The molecule has 0 unspecified atom stereocenters. The molecule has 2 nitrogen and oxygen atoms in total. The number of para-hydroxylation sites is 4. The molecule has 0 amide bonds. The van der Waals surface area contributed by atoms with E-state index < -0.39 is 0 Å². The quantitative estimate of drug-likeness (QED) is 0.156. The summed E-state index contributed by atoms with van der Waals surface area (Å²) in [4.78, 5) is 4.73. The van der Waals surface area contributed by atoms with Crippen LogP contribution in [0, 0.1) is 0 Å². The van der Waals surface area contributed by atoms with Crippen molar-refractivity contribution in [2.45, 2.75) is 26.2 Å². The summed E-state index contributed by atoms with van der Waals surface area (Å²) in [6.07, 6.45) is 0. The lowest BCUT2D eigenvalue weighted by molar-refractivity contribution is 0.591. The summed E-state index contributed by atoms with van der Waals surface area (Å²) in [5.41, 5.74) is 10.6. The second-order valence-corrected chi connectivity index (χ2v) is 14.7. The Morgan fingerprint density at radius 3 is 1.25 bits per heavy atom. The van der Waals surface area contributed by atoms with Crippen molar-refractivity contribution in [3.05, 3.63) is 194 Å². The highest BCUT2D eigenvalue weighted by Crippen LogP contribution is 2.48. The smallest absolute Gasteiger partial charge is 0.0546 e. The number of hydrogen-bond donors (Lipinski definition) is 0. The van der Waals surface area contributed by atoms with Gasteiger partial charge in [-0.1, -0.05) is 142 Å². The van der Waals surface area contributed by atoms with Crippen LogP contribution in [0.5, 0.6) is 0 Å². The molecule has 0 N–H and O–H groups in total. The van der Waals surface area contributed by atoms with E-state index in [2.05, 4.69) is 219 Å². The fourth-order valence-corrected chi connectivity index (χ4v) is 7.73. The van der Waals surface area contributed by atoms with E-state index in [1.165, 1.54) is 49.0 Å². The molecule has 0 spiro atoms. The second kappa shape index (κ2) is 12.7. The summed E-state index contributed by atoms with van der Waals surface area (Å²) in [5, 5.41) is 7.70. The maximum Gasteiger partial charge on any atom is 0.0546 e. The van der Waals surface area contributed by atoms with Crippen LogP contribution in [0.15, 0.2) is 188 Å². The molecule has 0 bridgehead atoms. The maximum absolute atomic E-state index is 2.41. The largest absolute Gasteiger partial charge is 0.311 e. The van der Waals surface area contributed by atoms with E-state index in [4.69, 9.17) is 0 Å². The molecule has 0 aliphatic carbocycles. The van der Waals surface area contributed by atoms with E-state index >= 15 is 0 Å². The predicted molar refractivity (Wildman–Crippen MR) is 224 cm³/mol. The minimum Gasteiger partial charge on any atom is -0.311 e. The van der Waals surface area contributed by atoms with Crippen molar-refractivity contribution in [1.82, 2.24) is 0 Å². The molecule has 52 heavy (non-hydrogen) atoms. The standard InChI is InChI=1S/C50H40N2/c1-50(2,3)38-32-36-26-30-44-46(35-24-28-43(29-25-35)51(39-16-8-4-9-17-39)40-18-10-5-11-19-40)34-47(45-31-27-37(33-38)48(36)49(44)45)52(41-20-12-6-13-21-41)42-22-14-7-15-23-42/h4-34H,1-3H3. The van der Waals surface area contributed by atoms with Crippen molar-refractivity contribution < 1.29 is 0 Å². The summed E-state index contributed by atoms with van der Waals surface area (Å²) in [6, 6.07) is 68.3. The second-order valence-electron chi connectivity index (χ2n) is 14.7. The number of hydrogen-bond acceptors (Lipinski definition) is 2. The van der Waals surface area contributed by atoms with Gasteiger partial charge in [-0.15, -0.1) is 0 Å². The Morgan fingerprint density at radius 2 is 0.788 bits per heavy atom. The topological polar surface area (TPSA) is 6.48 Å². The zero-order valence-corrected chi connectivity index (χ0v) is 29.8. The van der Waals surface area contributed by atoms with E-state index in [1.807, 2.05) is 0 Å². The average Bonchev–Trinajstić information content (AvgIpc) is 3.19. The SMILES string of the molecule is CC(C)(C)c1cc2ccc3c(-c4ccc(N(c5ccccc5)c5ccccc5)cc4)cc(N(c4ccccc4)c4ccccc4)c4ccc(c1)c2c34. The first-order valence-electron chi connectivity index (χ1n) is 18.1. The van der Waals surface area contributed by atoms with Crippen LogP contribution in [0.4, 0.5) is 34.1 Å². The van der Waals surface area contributed by atoms with Gasteiger partial charge in [-0.25, -0.2) is 0 Å². The first kappa shape index (κ1) is 31.6. The average molecular weight is 669 g/mol. The van der Waals surface area contributed by atoms with E-state index in [0.717, 1.165) is 34.1 Å². The van der Waals surface area contributed by atoms with Crippen LogP contribution in [0.2, 0.25) is 0 Å². The van der Waals surface area contributed by atoms with Gasteiger partial charge in [0, 0.05) is 39.2 Å². The molecular weight excluding hydrogens is 629 g/mol. The third kappa shape index (κ3) is 5.54. The molecule has 0 aromatic heterocycles. The van der Waals surface area contributed by atoms with Gasteiger partial charge in [-0.05, 0) is 110 Å². The summed E-state index contributed by atoms with van der Waals surface area (Å²) in [7, 11) is 0. The van der Waals surface area contributed by atoms with Crippen LogP contribution >= 0.6 is 0 Å². The lowest BCUT2D eigenvalue weighted by Crippen LogP contribution is -2.12. The van der Waals surface area contributed by atoms with Gasteiger partial charge in [0.15, 0.2) is 0 Å². The van der Waals surface area contributed by atoms with Crippen molar-refractivity contribution >= 4 is 66.4 Å². The van der Waals surface area contributed by atoms with Crippen molar-refractivity contribution in [3.8, 4) is 11.1 Å². The number of benzene rings is 9. The molecule has 0 saturated carbocycles. The molecular formula is C50H40N2. The molecule has 0 fully saturated rings. The van der Waals surface area contributed by atoms with Crippen LogP contribution in [-0.2, 0) is 5.41 Å². The van der Waals surface area contributed by atoms with E-state index in [1.54, 1.807) is 0 Å². The molecule has 0 heterocycles. The Kier molecular flexibility index (Phi) is 7.74. The summed E-state index contributed by atoms with van der Waals surface area (Å²) >= 11 is 0. The molecule has 0 saturated heterocycles. The summed E-state index contributed by atoms with van der Waals surface area (Å²) in [5.74, 6) is 0. The Hall–Kier alpha value is -6.38. The van der Waals surface area contributed by atoms with Crippen molar-refractivity contribution in [1.29, 1.82) is 0 Å². The molecule has 9 rings (SSSR count). The molecule has 0 radical (unpaired) electrons. The normalized spacial score (nSPS) is 11.8. The zero-order valence-electron chi connectivity index (χ0n) is 29.8. The molecule has 0 atom stereocenters. The van der Waals surface area contributed by atoms with Crippen molar-refractivity contribution in [3.63, 3.8) is 0 Å². The lowest BCUT2D eigenvalue weighted by Gasteiger charge is -2.29. The van der Waals surface area contributed by atoms with Crippen LogP contribution in [-0.4, -0.2) is 0 Å². The number of anilines is 6. The van der Waals surface area contributed by atoms with Gasteiger partial charge in [0.25, 0.3) is 0 Å². The molecule has 2 heteroatoms. The zero-order chi connectivity index (χ0) is 35.2. The van der Waals surface area contributed by atoms with Gasteiger partial charge < -0.3 is 9.80 Å². The number of rotatable bonds is 7. The molecule has 250 valence electrons. The molecule has 0 aliphatic heterocycles. The molecule has 9 aromatic rings. The van der Waals surface area contributed by atoms with E-state index in [9.17, 15) is 0 Å². The van der Waals surface area contributed by atoms with E-state index in [-0.39, 0.29) is 5.41 Å². The highest BCUT2D eigenvalue weighted by molar-refractivity contribution is 6.28.